The monoisotopic (exact) mass is 226 g/mol. The molecule has 0 saturated carbocycles. The van der Waals surface area contributed by atoms with E-state index < -0.39 is 0 Å². The van der Waals surface area contributed by atoms with Crippen molar-refractivity contribution in [3.8, 4) is 0 Å². The molecule has 0 aliphatic rings. The van der Waals surface area contributed by atoms with Crippen molar-refractivity contribution in [3.63, 3.8) is 0 Å². The summed E-state index contributed by atoms with van der Waals surface area (Å²) in [6.45, 7) is 3.95. The third-order valence-corrected chi connectivity index (χ3v) is 2.70. The summed E-state index contributed by atoms with van der Waals surface area (Å²) < 4.78 is 0. The van der Waals surface area contributed by atoms with Gasteiger partial charge in [0.2, 0.25) is 0 Å². The molecule has 1 unspecified atom stereocenters. The molecule has 84 valence electrons. The van der Waals surface area contributed by atoms with E-state index in [1.165, 1.54) is 5.56 Å². The molecule has 0 spiro atoms. The van der Waals surface area contributed by atoms with Crippen LogP contribution in [0.5, 0.6) is 0 Å². The van der Waals surface area contributed by atoms with E-state index >= 15 is 0 Å². The molecule has 2 nitrogen and oxygen atoms in total. The van der Waals surface area contributed by atoms with E-state index in [0.29, 0.717) is 6.04 Å². The Morgan fingerprint density at radius 2 is 1.93 bits per heavy atom. The quantitative estimate of drug-likeness (QED) is 0.732. The fourth-order valence-electron chi connectivity index (χ4n) is 1.46. The molecule has 0 heterocycles. The van der Waals surface area contributed by atoms with Crippen LogP contribution in [0.3, 0.4) is 0 Å². The summed E-state index contributed by atoms with van der Waals surface area (Å²) in [5, 5.41) is 4.24. The zero-order valence-electron chi connectivity index (χ0n) is 9.17. The molecule has 3 heteroatoms. The van der Waals surface area contributed by atoms with E-state index in [2.05, 4.69) is 24.4 Å². The molecule has 0 amide bonds. The summed E-state index contributed by atoms with van der Waals surface area (Å²) in [4.78, 5) is 0. The van der Waals surface area contributed by atoms with Crippen molar-refractivity contribution >= 4 is 11.6 Å². The third-order valence-electron chi connectivity index (χ3n) is 2.45. The topological polar surface area (TPSA) is 38.0 Å². The molecule has 1 aromatic carbocycles. The average molecular weight is 227 g/mol. The molecule has 0 aromatic heterocycles. The van der Waals surface area contributed by atoms with Crippen LogP contribution in [-0.4, -0.2) is 13.1 Å². The Bertz CT molecular complexity index is 271. The summed E-state index contributed by atoms with van der Waals surface area (Å²) in [6, 6.07) is 8.34. The summed E-state index contributed by atoms with van der Waals surface area (Å²) in [7, 11) is 0. The van der Waals surface area contributed by atoms with Gasteiger partial charge in [-0.05, 0) is 50.6 Å². The van der Waals surface area contributed by atoms with Gasteiger partial charge >= 0.3 is 0 Å². The lowest BCUT2D eigenvalue weighted by Crippen LogP contribution is -2.20. The first-order chi connectivity index (χ1) is 7.24. The number of hydrogen-bond acceptors (Lipinski definition) is 2. The molecule has 0 bridgehead atoms. The van der Waals surface area contributed by atoms with Crippen LogP contribution in [-0.2, 0) is 0 Å². The molecule has 0 saturated heterocycles. The Kier molecular flexibility index (Phi) is 5.69. The maximum Gasteiger partial charge on any atom is 0.0406 e. The molecule has 15 heavy (non-hydrogen) atoms. The largest absolute Gasteiger partial charge is 0.330 e. The molecule has 0 radical (unpaired) electrons. The second-order valence-corrected chi connectivity index (χ2v) is 4.16. The Labute approximate surface area is 96.8 Å². The van der Waals surface area contributed by atoms with Crippen molar-refractivity contribution in [2.75, 3.05) is 13.1 Å². The van der Waals surface area contributed by atoms with Crippen molar-refractivity contribution in [3.05, 3.63) is 34.9 Å². The van der Waals surface area contributed by atoms with E-state index in [4.69, 9.17) is 17.3 Å². The van der Waals surface area contributed by atoms with Gasteiger partial charge in [-0.25, -0.2) is 0 Å². The van der Waals surface area contributed by atoms with Crippen LogP contribution in [0, 0.1) is 0 Å². The van der Waals surface area contributed by atoms with Gasteiger partial charge in [-0.15, -0.1) is 0 Å². The molecule has 0 aliphatic carbocycles. The Morgan fingerprint density at radius 3 is 2.53 bits per heavy atom. The van der Waals surface area contributed by atoms with Crippen molar-refractivity contribution in [2.24, 2.45) is 5.73 Å². The van der Waals surface area contributed by atoms with Crippen LogP contribution < -0.4 is 11.1 Å². The van der Waals surface area contributed by atoms with Gasteiger partial charge in [0.15, 0.2) is 0 Å². The second-order valence-electron chi connectivity index (χ2n) is 3.72. The minimum Gasteiger partial charge on any atom is -0.330 e. The Balaban J connectivity index is 2.33. The van der Waals surface area contributed by atoms with Crippen LogP contribution in [0.4, 0.5) is 0 Å². The molecule has 0 aliphatic heterocycles. The van der Waals surface area contributed by atoms with Crippen molar-refractivity contribution in [1.82, 2.24) is 5.32 Å². The maximum atomic E-state index is 5.83. The van der Waals surface area contributed by atoms with Gasteiger partial charge in [0, 0.05) is 11.1 Å². The van der Waals surface area contributed by atoms with Gasteiger partial charge in [0.05, 0.1) is 0 Å². The lowest BCUT2D eigenvalue weighted by atomic mass is 10.1. The van der Waals surface area contributed by atoms with Gasteiger partial charge in [0.1, 0.15) is 0 Å². The number of halogens is 1. The van der Waals surface area contributed by atoms with Crippen molar-refractivity contribution < 1.29 is 0 Å². The first-order valence-electron chi connectivity index (χ1n) is 5.43. The van der Waals surface area contributed by atoms with Crippen LogP contribution in [0.1, 0.15) is 31.4 Å². The predicted octanol–water partition coefficient (Wildman–Crippen LogP) is 2.73. The van der Waals surface area contributed by atoms with E-state index in [1.54, 1.807) is 0 Å². The first kappa shape index (κ1) is 12.5. The standard InChI is InChI=1S/C12H19ClN2/c1-10(15-9-3-2-8-14)11-4-6-12(13)7-5-11/h4-7,10,15H,2-3,8-9,14H2,1H3. The van der Waals surface area contributed by atoms with Gasteiger partial charge in [-0.2, -0.15) is 0 Å². The highest BCUT2D eigenvalue weighted by atomic mass is 35.5. The molecule has 1 aromatic rings. The number of nitrogens with two attached hydrogens (primary N) is 1. The normalized spacial score (nSPS) is 12.7. The minimum atomic E-state index is 0.375. The Hall–Kier alpha value is -0.570. The molecule has 1 rings (SSSR count). The van der Waals surface area contributed by atoms with Crippen molar-refractivity contribution in [2.45, 2.75) is 25.8 Å². The van der Waals surface area contributed by atoms with Gasteiger partial charge in [-0.3, -0.25) is 0 Å². The number of benzene rings is 1. The lowest BCUT2D eigenvalue weighted by Gasteiger charge is -2.13. The zero-order chi connectivity index (χ0) is 11.1. The summed E-state index contributed by atoms with van der Waals surface area (Å²) in [5.41, 5.74) is 6.70. The van der Waals surface area contributed by atoms with E-state index in [9.17, 15) is 0 Å². The predicted molar refractivity (Wildman–Crippen MR) is 66.2 cm³/mol. The van der Waals surface area contributed by atoms with Crippen molar-refractivity contribution in [1.29, 1.82) is 0 Å². The van der Waals surface area contributed by atoms with Crippen LogP contribution in [0.25, 0.3) is 0 Å². The molecule has 3 N–H and O–H groups in total. The van der Waals surface area contributed by atoms with Crippen LogP contribution in [0.2, 0.25) is 5.02 Å². The summed E-state index contributed by atoms with van der Waals surface area (Å²) >= 11 is 5.83. The van der Waals surface area contributed by atoms with Crippen LogP contribution in [0.15, 0.2) is 24.3 Å². The molecular weight excluding hydrogens is 208 g/mol. The maximum absolute atomic E-state index is 5.83. The lowest BCUT2D eigenvalue weighted by molar-refractivity contribution is 0.549. The number of rotatable bonds is 6. The van der Waals surface area contributed by atoms with Gasteiger partial charge in [-0.1, -0.05) is 23.7 Å². The average Bonchev–Trinajstić information content (AvgIpc) is 2.25. The highest BCUT2D eigenvalue weighted by Crippen LogP contribution is 2.15. The summed E-state index contributed by atoms with van der Waals surface area (Å²) in [5.74, 6) is 0. The summed E-state index contributed by atoms with van der Waals surface area (Å²) in [6.07, 6.45) is 2.22. The van der Waals surface area contributed by atoms with E-state index in [0.717, 1.165) is 31.0 Å². The van der Waals surface area contributed by atoms with Crippen LogP contribution >= 0.6 is 11.6 Å². The van der Waals surface area contributed by atoms with Gasteiger partial charge < -0.3 is 11.1 Å². The van der Waals surface area contributed by atoms with Gasteiger partial charge in [0.25, 0.3) is 0 Å². The number of nitrogens with one attached hydrogen (secondary N) is 1. The first-order valence-corrected chi connectivity index (χ1v) is 5.80. The minimum absolute atomic E-state index is 0.375. The highest BCUT2D eigenvalue weighted by molar-refractivity contribution is 6.30. The molecule has 1 atom stereocenters. The zero-order valence-corrected chi connectivity index (χ0v) is 9.93. The van der Waals surface area contributed by atoms with E-state index in [1.807, 2.05) is 12.1 Å². The van der Waals surface area contributed by atoms with E-state index in [-0.39, 0.29) is 0 Å². The highest BCUT2D eigenvalue weighted by Gasteiger charge is 2.03. The molecule has 0 fully saturated rings. The number of hydrogen-bond donors (Lipinski definition) is 2. The fourth-order valence-corrected chi connectivity index (χ4v) is 1.58. The second kappa shape index (κ2) is 6.83. The SMILES string of the molecule is CC(NCCCCN)c1ccc(Cl)cc1. The third kappa shape index (κ3) is 4.65. The fraction of sp³-hybridized carbons (Fsp3) is 0.500. The number of unbranched alkanes of at least 4 members (excludes halogenated alkanes) is 1. The smallest absolute Gasteiger partial charge is 0.0406 e. The Morgan fingerprint density at radius 1 is 1.27 bits per heavy atom. The molecular formula is C12H19ClN2.